The summed E-state index contributed by atoms with van der Waals surface area (Å²) in [5.74, 6) is -0.303. The Bertz CT molecular complexity index is 1120. The predicted octanol–water partition coefficient (Wildman–Crippen LogP) is 7.60. The van der Waals surface area contributed by atoms with Gasteiger partial charge in [0.25, 0.3) is 0 Å². The van der Waals surface area contributed by atoms with E-state index in [2.05, 4.69) is 15.4 Å². The summed E-state index contributed by atoms with van der Waals surface area (Å²) in [4.78, 5) is 14.7. The Balaban J connectivity index is 1.81. The fourth-order valence-electron chi connectivity index (χ4n) is 3.36. The Morgan fingerprint density at radius 2 is 1.63 bits per heavy atom. The average Bonchev–Trinajstić information content (AvgIpc) is 2.77. The van der Waals surface area contributed by atoms with Gasteiger partial charge < -0.3 is 15.4 Å². The molecule has 0 radical (unpaired) electrons. The molecule has 0 aliphatic rings. The van der Waals surface area contributed by atoms with Crippen LogP contribution >= 0.6 is 23.2 Å². The fourth-order valence-corrected chi connectivity index (χ4v) is 3.89. The molecule has 0 aliphatic carbocycles. The molecule has 35 heavy (non-hydrogen) atoms. The SMILES string of the molecule is CCCNCCN(C(=O)Nc1cc(Cl)cc(Cl)c1)c1ccc(-c2cccc(OC(F)(F)F)c2)cc1. The molecule has 0 fully saturated rings. The second kappa shape index (κ2) is 12.2. The lowest BCUT2D eigenvalue weighted by molar-refractivity contribution is -0.274. The first kappa shape index (κ1) is 26.7. The van der Waals surface area contributed by atoms with Crippen molar-refractivity contribution in [2.45, 2.75) is 19.7 Å². The van der Waals surface area contributed by atoms with Gasteiger partial charge >= 0.3 is 12.4 Å². The van der Waals surface area contributed by atoms with Crippen LogP contribution in [0.5, 0.6) is 5.75 Å². The summed E-state index contributed by atoms with van der Waals surface area (Å²) in [6, 6.07) is 17.0. The minimum Gasteiger partial charge on any atom is -0.406 e. The van der Waals surface area contributed by atoms with E-state index in [9.17, 15) is 18.0 Å². The zero-order valence-corrected chi connectivity index (χ0v) is 20.3. The number of halogens is 5. The Labute approximate surface area is 211 Å². The number of benzene rings is 3. The predicted molar refractivity (Wildman–Crippen MR) is 135 cm³/mol. The molecule has 5 nitrogen and oxygen atoms in total. The van der Waals surface area contributed by atoms with Gasteiger partial charge in [0.1, 0.15) is 5.75 Å². The van der Waals surface area contributed by atoms with Crippen LogP contribution in [0.4, 0.5) is 29.3 Å². The monoisotopic (exact) mass is 525 g/mol. The highest BCUT2D eigenvalue weighted by Crippen LogP contribution is 2.30. The first-order chi connectivity index (χ1) is 16.6. The van der Waals surface area contributed by atoms with Crippen LogP contribution in [0.3, 0.4) is 0 Å². The molecule has 10 heteroatoms. The van der Waals surface area contributed by atoms with E-state index in [0.717, 1.165) is 13.0 Å². The van der Waals surface area contributed by atoms with Crippen molar-refractivity contribution >= 4 is 40.6 Å². The molecule has 2 amide bonds. The summed E-state index contributed by atoms with van der Waals surface area (Å²) in [6.45, 7) is 3.81. The molecule has 3 aromatic rings. The molecule has 0 atom stereocenters. The lowest BCUT2D eigenvalue weighted by Gasteiger charge is -2.24. The average molecular weight is 526 g/mol. The van der Waals surface area contributed by atoms with E-state index < -0.39 is 6.36 Å². The van der Waals surface area contributed by atoms with E-state index in [1.807, 2.05) is 6.92 Å². The van der Waals surface area contributed by atoms with Crippen LogP contribution in [0.15, 0.2) is 66.7 Å². The molecule has 0 bridgehead atoms. The number of amides is 2. The van der Waals surface area contributed by atoms with E-state index in [1.54, 1.807) is 53.4 Å². The number of carbonyl (C=O) groups excluding carboxylic acids is 1. The van der Waals surface area contributed by atoms with Gasteiger partial charge in [-0.2, -0.15) is 0 Å². The smallest absolute Gasteiger partial charge is 0.406 e. The second-order valence-electron chi connectivity index (χ2n) is 7.61. The first-order valence-electron chi connectivity index (χ1n) is 10.9. The number of nitrogens with zero attached hydrogens (tertiary/aromatic N) is 1. The van der Waals surface area contributed by atoms with Gasteiger partial charge in [-0.1, -0.05) is 54.4 Å². The van der Waals surface area contributed by atoms with Crippen LogP contribution in [0.25, 0.3) is 11.1 Å². The normalized spacial score (nSPS) is 11.3. The highest BCUT2D eigenvalue weighted by atomic mass is 35.5. The van der Waals surface area contributed by atoms with Crippen molar-refractivity contribution in [3.8, 4) is 16.9 Å². The molecule has 186 valence electrons. The third-order valence-electron chi connectivity index (χ3n) is 4.88. The van der Waals surface area contributed by atoms with Crippen molar-refractivity contribution in [2.75, 3.05) is 29.9 Å². The number of rotatable bonds is 9. The van der Waals surface area contributed by atoms with Crippen LogP contribution in [0.2, 0.25) is 10.0 Å². The van der Waals surface area contributed by atoms with Crippen molar-refractivity contribution in [3.05, 3.63) is 76.8 Å². The van der Waals surface area contributed by atoms with Crippen LogP contribution in [-0.2, 0) is 0 Å². The number of carbonyl (C=O) groups is 1. The summed E-state index contributed by atoms with van der Waals surface area (Å²) >= 11 is 12.1. The second-order valence-corrected chi connectivity index (χ2v) is 8.49. The topological polar surface area (TPSA) is 53.6 Å². The van der Waals surface area contributed by atoms with Crippen molar-refractivity contribution in [3.63, 3.8) is 0 Å². The van der Waals surface area contributed by atoms with Crippen molar-refractivity contribution in [2.24, 2.45) is 0 Å². The summed E-state index contributed by atoms with van der Waals surface area (Å²) in [5, 5.41) is 6.86. The lowest BCUT2D eigenvalue weighted by atomic mass is 10.0. The summed E-state index contributed by atoms with van der Waals surface area (Å²) in [6.07, 6.45) is -3.81. The van der Waals surface area contributed by atoms with E-state index in [-0.39, 0.29) is 11.8 Å². The van der Waals surface area contributed by atoms with Crippen LogP contribution in [0.1, 0.15) is 13.3 Å². The van der Waals surface area contributed by atoms with Gasteiger partial charge in [0.05, 0.1) is 0 Å². The first-order valence-corrected chi connectivity index (χ1v) is 11.6. The maximum absolute atomic E-state index is 13.1. The third-order valence-corrected chi connectivity index (χ3v) is 5.31. The number of ether oxygens (including phenoxy) is 1. The maximum atomic E-state index is 13.1. The minimum absolute atomic E-state index is 0.303. The van der Waals surface area contributed by atoms with Crippen molar-refractivity contribution in [1.29, 1.82) is 0 Å². The van der Waals surface area contributed by atoms with Gasteiger partial charge in [0.15, 0.2) is 0 Å². The summed E-state index contributed by atoms with van der Waals surface area (Å²) in [7, 11) is 0. The molecule has 0 saturated heterocycles. The Kier molecular flexibility index (Phi) is 9.26. The molecule has 0 unspecified atom stereocenters. The van der Waals surface area contributed by atoms with Gasteiger partial charge in [-0.15, -0.1) is 13.2 Å². The number of alkyl halides is 3. The van der Waals surface area contributed by atoms with E-state index in [4.69, 9.17) is 23.2 Å². The zero-order valence-electron chi connectivity index (χ0n) is 18.8. The molecule has 3 aromatic carbocycles. The number of urea groups is 1. The van der Waals surface area contributed by atoms with E-state index in [0.29, 0.717) is 45.6 Å². The molecule has 0 saturated carbocycles. The Hall–Kier alpha value is -2.94. The number of nitrogens with one attached hydrogen (secondary N) is 2. The number of hydrogen-bond acceptors (Lipinski definition) is 3. The molecular formula is C25H24Cl2F3N3O2. The van der Waals surface area contributed by atoms with E-state index >= 15 is 0 Å². The Morgan fingerprint density at radius 1 is 0.943 bits per heavy atom. The van der Waals surface area contributed by atoms with Crippen LogP contribution < -0.4 is 20.3 Å². The molecule has 0 heterocycles. The van der Waals surface area contributed by atoms with Gasteiger partial charge in [0.2, 0.25) is 0 Å². The molecule has 3 rings (SSSR count). The van der Waals surface area contributed by atoms with Crippen molar-refractivity contribution in [1.82, 2.24) is 5.32 Å². The molecular weight excluding hydrogens is 502 g/mol. The number of hydrogen-bond donors (Lipinski definition) is 2. The largest absolute Gasteiger partial charge is 0.573 e. The quantitative estimate of drug-likeness (QED) is 0.283. The molecule has 2 N–H and O–H groups in total. The zero-order chi connectivity index (χ0) is 25.4. The fraction of sp³-hybridized carbons (Fsp3) is 0.240. The number of anilines is 2. The highest BCUT2D eigenvalue weighted by molar-refractivity contribution is 6.35. The van der Waals surface area contributed by atoms with Gasteiger partial charge in [0, 0.05) is 34.5 Å². The van der Waals surface area contributed by atoms with Gasteiger partial charge in [-0.25, -0.2) is 4.79 Å². The maximum Gasteiger partial charge on any atom is 0.573 e. The molecule has 0 spiro atoms. The molecule has 0 aromatic heterocycles. The molecule has 0 aliphatic heterocycles. The third kappa shape index (κ3) is 8.35. The lowest BCUT2D eigenvalue weighted by Crippen LogP contribution is -2.40. The van der Waals surface area contributed by atoms with Gasteiger partial charge in [-0.05, 0) is 66.6 Å². The highest BCUT2D eigenvalue weighted by Gasteiger charge is 2.31. The van der Waals surface area contributed by atoms with Gasteiger partial charge in [-0.3, -0.25) is 4.90 Å². The van der Waals surface area contributed by atoms with Crippen molar-refractivity contribution < 1.29 is 22.7 Å². The summed E-state index contributed by atoms with van der Waals surface area (Å²) in [5.41, 5.74) is 2.29. The standard InChI is InChI=1S/C25H24Cl2F3N3O2/c1-2-10-31-11-12-33(24(34)32-21-15-19(26)14-20(27)16-21)22-8-6-17(7-9-22)18-4-3-5-23(13-18)35-25(28,29)30/h3-9,13-16,31H,2,10-12H2,1H3,(H,32,34). The van der Waals surface area contributed by atoms with E-state index in [1.165, 1.54) is 18.2 Å². The van der Waals surface area contributed by atoms with Crippen LogP contribution in [-0.4, -0.2) is 32.0 Å². The van der Waals surface area contributed by atoms with Crippen LogP contribution in [0, 0.1) is 0 Å². The minimum atomic E-state index is -4.77. The summed E-state index contributed by atoms with van der Waals surface area (Å²) < 4.78 is 41.7. The Morgan fingerprint density at radius 3 is 2.26 bits per heavy atom.